The molecule has 1 aliphatic carbocycles. The van der Waals surface area contributed by atoms with Crippen LogP contribution in [0.4, 0.5) is 5.69 Å². The Labute approximate surface area is 131 Å². The second-order valence-electron chi connectivity index (χ2n) is 5.42. The molecule has 0 heterocycles. The SMILES string of the molecule is CCSC1CCC(NS(=O)(=O)c2ccc(CC)c(N)c2)C1. The van der Waals surface area contributed by atoms with Gasteiger partial charge in [-0.3, -0.25) is 0 Å². The van der Waals surface area contributed by atoms with Gasteiger partial charge >= 0.3 is 0 Å². The first-order valence-electron chi connectivity index (χ1n) is 7.48. The quantitative estimate of drug-likeness (QED) is 0.788. The average molecular weight is 329 g/mol. The Morgan fingerprint density at radius 1 is 1.33 bits per heavy atom. The molecule has 6 heteroatoms. The van der Waals surface area contributed by atoms with Gasteiger partial charge < -0.3 is 5.73 Å². The zero-order valence-corrected chi connectivity index (χ0v) is 14.3. The second kappa shape index (κ2) is 7.03. The zero-order chi connectivity index (χ0) is 15.5. The first kappa shape index (κ1) is 16.6. The van der Waals surface area contributed by atoms with Gasteiger partial charge in [0, 0.05) is 17.0 Å². The largest absolute Gasteiger partial charge is 0.398 e. The minimum Gasteiger partial charge on any atom is -0.398 e. The Bertz CT molecular complexity index is 587. The van der Waals surface area contributed by atoms with Crippen LogP contribution in [-0.2, 0) is 16.4 Å². The molecule has 0 bridgehead atoms. The van der Waals surface area contributed by atoms with Crippen molar-refractivity contribution in [2.45, 2.75) is 55.7 Å². The van der Waals surface area contributed by atoms with Crippen molar-refractivity contribution in [3.63, 3.8) is 0 Å². The highest BCUT2D eigenvalue weighted by Crippen LogP contribution is 2.30. The average Bonchev–Trinajstić information content (AvgIpc) is 2.85. The molecule has 2 atom stereocenters. The first-order valence-corrected chi connectivity index (χ1v) is 10.0. The summed E-state index contributed by atoms with van der Waals surface area (Å²) in [5.41, 5.74) is 7.43. The van der Waals surface area contributed by atoms with E-state index in [4.69, 9.17) is 5.73 Å². The minimum absolute atomic E-state index is 0.0473. The molecular formula is C15H24N2O2S2. The molecule has 118 valence electrons. The van der Waals surface area contributed by atoms with Crippen LogP contribution in [0.1, 0.15) is 38.7 Å². The van der Waals surface area contributed by atoms with Gasteiger partial charge in [0.25, 0.3) is 0 Å². The summed E-state index contributed by atoms with van der Waals surface area (Å²) in [6.45, 7) is 4.14. The number of benzene rings is 1. The Morgan fingerprint density at radius 3 is 2.71 bits per heavy atom. The van der Waals surface area contributed by atoms with Gasteiger partial charge in [0.1, 0.15) is 0 Å². The summed E-state index contributed by atoms with van der Waals surface area (Å²) >= 11 is 1.92. The summed E-state index contributed by atoms with van der Waals surface area (Å²) in [6, 6.07) is 5.05. The predicted molar refractivity (Wildman–Crippen MR) is 90.1 cm³/mol. The van der Waals surface area contributed by atoms with Crippen LogP contribution < -0.4 is 10.5 Å². The molecule has 4 nitrogen and oxygen atoms in total. The normalized spacial score (nSPS) is 22.6. The van der Waals surface area contributed by atoms with Crippen molar-refractivity contribution in [3.8, 4) is 0 Å². The number of rotatable bonds is 6. The van der Waals surface area contributed by atoms with E-state index in [0.29, 0.717) is 10.9 Å². The molecule has 21 heavy (non-hydrogen) atoms. The molecule has 1 saturated carbocycles. The fourth-order valence-corrected chi connectivity index (χ4v) is 5.24. The van der Waals surface area contributed by atoms with E-state index in [-0.39, 0.29) is 10.9 Å². The molecule has 0 aliphatic heterocycles. The molecule has 1 aliphatic rings. The molecule has 3 N–H and O–H groups in total. The van der Waals surface area contributed by atoms with Gasteiger partial charge in [0.15, 0.2) is 0 Å². The van der Waals surface area contributed by atoms with Gasteiger partial charge in [0.05, 0.1) is 4.90 Å². The van der Waals surface area contributed by atoms with Gasteiger partial charge in [-0.2, -0.15) is 11.8 Å². The van der Waals surface area contributed by atoms with Gasteiger partial charge in [0.2, 0.25) is 10.0 Å². The molecule has 1 fully saturated rings. The Balaban J connectivity index is 2.07. The second-order valence-corrected chi connectivity index (χ2v) is 8.71. The predicted octanol–water partition coefficient (Wildman–Crippen LogP) is 2.78. The Kier molecular flexibility index (Phi) is 5.57. The van der Waals surface area contributed by atoms with Crippen LogP contribution in [0.15, 0.2) is 23.1 Å². The monoisotopic (exact) mass is 328 g/mol. The lowest BCUT2D eigenvalue weighted by Crippen LogP contribution is -2.33. The molecule has 0 radical (unpaired) electrons. The van der Waals surface area contributed by atoms with Crippen molar-refractivity contribution in [1.82, 2.24) is 4.72 Å². The third-order valence-electron chi connectivity index (χ3n) is 3.92. The highest BCUT2D eigenvalue weighted by atomic mass is 32.2. The topological polar surface area (TPSA) is 72.2 Å². The molecule has 0 aromatic heterocycles. The molecule has 0 amide bonds. The lowest BCUT2D eigenvalue weighted by atomic mass is 10.1. The summed E-state index contributed by atoms with van der Waals surface area (Å²) in [4.78, 5) is 0.267. The Hall–Kier alpha value is -0.720. The summed E-state index contributed by atoms with van der Waals surface area (Å²) in [7, 11) is -3.47. The smallest absolute Gasteiger partial charge is 0.240 e. The number of thioether (sulfide) groups is 1. The van der Waals surface area contributed by atoms with Crippen molar-refractivity contribution in [2.24, 2.45) is 0 Å². The summed E-state index contributed by atoms with van der Waals surface area (Å²) in [5.74, 6) is 1.08. The molecule has 2 rings (SSSR count). The van der Waals surface area contributed by atoms with Gasteiger partial charge in [-0.05, 0) is 49.1 Å². The number of aryl methyl sites for hydroxylation is 1. The third-order valence-corrected chi connectivity index (χ3v) is 6.67. The maximum absolute atomic E-state index is 12.4. The maximum atomic E-state index is 12.4. The minimum atomic E-state index is -3.47. The van der Waals surface area contributed by atoms with Crippen LogP contribution in [0, 0.1) is 0 Å². The van der Waals surface area contributed by atoms with E-state index < -0.39 is 10.0 Å². The Morgan fingerprint density at radius 2 is 2.10 bits per heavy atom. The standard InChI is InChI=1S/C15H24N2O2S2/c1-3-11-5-8-14(10-15(11)16)21(18,19)17-12-6-7-13(9-12)20-4-2/h5,8,10,12-13,17H,3-4,6-7,9,16H2,1-2H3. The lowest BCUT2D eigenvalue weighted by molar-refractivity contribution is 0.552. The van der Waals surface area contributed by atoms with Crippen LogP contribution in [0.25, 0.3) is 0 Å². The van der Waals surface area contributed by atoms with Gasteiger partial charge in [-0.15, -0.1) is 0 Å². The van der Waals surface area contributed by atoms with E-state index in [0.717, 1.165) is 37.0 Å². The van der Waals surface area contributed by atoms with Crippen molar-refractivity contribution >= 4 is 27.5 Å². The maximum Gasteiger partial charge on any atom is 0.240 e. The van der Waals surface area contributed by atoms with Gasteiger partial charge in [-0.1, -0.05) is 19.9 Å². The van der Waals surface area contributed by atoms with Crippen LogP contribution in [0.5, 0.6) is 0 Å². The number of nitrogens with one attached hydrogen (secondary N) is 1. The molecule has 0 spiro atoms. The number of nitrogen functional groups attached to an aromatic ring is 1. The summed E-state index contributed by atoms with van der Waals surface area (Å²) in [6.07, 6.45) is 3.72. The van der Waals surface area contributed by atoms with Crippen LogP contribution in [0.2, 0.25) is 0 Å². The van der Waals surface area contributed by atoms with Crippen LogP contribution >= 0.6 is 11.8 Å². The van der Waals surface area contributed by atoms with E-state index in [9.17, 15) is 8.42 Å². The van der Waals surface area contributed by atoms with Gasteiger partial charge in [-0.25, -0.2) is 13.1 Å². The van der Waals surface area contributed by atoms with Crippen LogP contribution in [-0.4, -0.2) is 25.5 Å². The van der Waals surface area contributed by atoms with E-state index in [1.54, 1.807) is 18.2 Å². The van der Waals surface area contributed by atoms with Crippen LogP contribution in [0.3, 0.4) is 0 Å². The molecular weight excluding hydrogens is 304 g/mol. The molecule has 1 aromatic carbocycles. The number of nitrogens with two attached hydrogens (primary N) is 1. The number of anilines is 1. The summed E-state index contributed by atoms with van der Waals surface area (Å²) in [5, 5.41) is 0.579. The fourth-order valence-electron chi connectivity index (χ4n) is 2.78. The van der Waals surface area contributed by atoms with E-state index >= 15 is 0 Å². The fraction of sp³-hybridized carbons (Fsp3) is 0.600. The van der Waals surface area contributed by atoms with E-state index in [1.165, 1.54) is 0 Å². The van der Waals surface area contributed by atoms with E-state index in [1.807, 2.05) is 18.7 Å². The zero-order valence-electron chi connectivity index (χ0n) is 12.6. The summed E-state index contributed by atoms with van der Waals surface area (Å²) < 4.78 is 27.7. The number of hydrogen-bond acceptors (Lipinski definition) is 4. The van der Waals surface area contributed by atoms with Crippen molar-refractivity contribution in [1.29, 1.82) is 0 Å². The lowest BCUT2D eigenvalue weighted by Gasteiger charge is -2.14. The number of hydrogen-bond donors (Lipinski definition) is 2. The molecule has 1 aromatic rings. The highest BCUT2D eigenvalue weighted by molar-refractivity contribution is 7.99. The van der Waals surface area contributed by atoms with Crippen molar-refractivity contribution in [3.05, 3.63) is 23.8 Å². The first-order chi connectivity index (χ1) is 9.96. The van der Waals surface area contributed by atoms with Crippen molar-refractivity contribution < 1.29 is 8.42 Å². The number of sulfonamides is 1. The molecule has 2 unspecified atom stereocenters. The third kappa shape index (κ3) is 4.14. The van der Waals surface area contributed by atoms with E-state index in [2.05, 4.69) is 11.6 Å². The highest BCUT2D eigenvalue weighted by Gasteiger charge is 2.28. The molecule has 0 saturated heterocycles. The van der Waals surface area contributed by atoms with Crippen molar-refractivity contribution in [2.75, 3.05) is 11.5 Å².